The van der Waals surface area contributed by atoms with Crippen LogP contribution < -0.4 is 16.2 Å². The van der Waals surface area contributed by atoms with E-state index in [1.165, 1.54) is 5.56 Å². The van der Waals surface area contributed by atoms with E-state index < -0.39 is 0 Å². The number of hydrogen-bond donors (Lipinski definition) is 2. The lowest BCUT2D eigenvalue weighted by atomic mass is 10.1. The molecular formula is C12H17N3O. The molecule has 3 N–H and O–H groups in total. The van der Waals surface area contributed by atoms with Crippen LogP contribution in [0.2, 0.25) is 0 Å². The second-order valence-corrected chi connectivity index (χ2v) is 4.00. The van der Waals surface area contributed by atoms with Crippen LogP contribution in [0.15, 0.2) is 24.3 Å². The van der Waals surface area contributed by atoms with Gasteiger partial charge in [0.1, 0.15) is 0 Å². The molecule has 1 amide bonds. The zero-order valence-electron chi connectivity index (χ0n) is 9.28. The smallest absolute Gasteiger partial charge is 0.240 e. The van der Waals surface area contributed by atoms with Gasteiger partial charge in [-0.15, -0.1) is 0 Å². The van der Waals surface area contributed by atoms with Crippen LogP contribution in [0, 0.1) is 0 Å². The summed E-state index contributed by atoms with van der Waals surface area (Å²) < 4.78 is 0. The third-order valence-electron chi connectivity index (χ3n) is 2.71. The number of benzene rings is 1. The van der Waals surface area contributed by atoms with Gasteiger partial charge >= 0.3 is 0 Å². The monoisotopic (exact) mass is 219 g/mol. The quantitative estimate of drug-likeness (QED) is 0.788. The van der Waals surface area contributed by atoms with Crippen LogP contribution in [0.3, 0.4) is 0 Å². The number of nitrogens with two attached hydrogens (primary N) is 1. The van der Waals surface area contributed by atoms with E-state index in [-0.39, 0.29) is 5.91 Å². The summed E-state index contributed by atoms with van der Waals surface area (Å²) in [5.74, 6) is 0.0901. The van der Waals surface area contributed by atoms with Crippen LogP contribution in [0.4, 0.5) is 5.69 Å². The van der Waals surface area contributed by atoms with Crippen molar-refractivity contribution in [2.24, 2.45) is 5.73 Å². The van der Waals surface area contributed by atoms with E-state index in [2.05, 4.69) is 17.6 Å². The summed E-state index contributed by atoms with van der Waals surface area (Å²) in [6, 6.07) is 8.24. The Morgan fingerprint density at radius 3 is 3.00 bits per heavy atom. The Kier molecular flexibility index (Phi) is 3.41. The summed E-state index contributed by atoms with van der Waals surface area (Å²) in [5.41, 5.74) is 10.6. The Bertz CT molecular complexity index is 378. The second-order valence-electron chi connectivity index (χ2n) is 4.00. The van der Waals surface area contributed by atoms with Crippen molar-refractivity contribution in [2.75, 3.05) is 18.1 Å². The van der Waals surface area contributed by atoms with Gasteiger partial charge in [0, 0.05) is 13.0 Å². The number of carbonyl (C=O) groups is 1. The van der Waals surface area contributed by atoms with Crippen LogP contribution >= 0.6 is 0 Å². The summed E-state index contributed by atoms with van der Waals surface area (Å²) in [6.07, 6.45) is 2.56. The number of nitrogens with zero attached hydrogens (tertiary/aromatic N) is 1. The number of hydrazine groups is 1. The van der Waals surface area contributed by atoms with E-state index in [1.807, 2.05) is 17.1 Å². The fourth-order valence-corrected chi connectivity index (χ4v) is 1.86. The molecule has 0 saturated carbocycles. The molecule has 4 heteroatoms. The molecule has 0 unspecified atom stereocenters. The zero-order chi connectivity index (χ0) is 11.4. The third kappa shape index (κ3) is 2.52. The minimum Gasteiger partial charge on any atom is -0.330 e. The molecule has 1 aromatic rings. The zero-order valence-corrected chi connectivity index (χ0v) is 9.28. The van der Waals surface area contributed by atoms with Gasteiger partial charge in [-0.25, -0.2) is 0 Å². The lowest BCUT2D eigenvalue weighted by Crippen LogP contribution is -2.32. The number of carbonyl (C=O) groups excluding carboxylic acids is 1. The maximum atomic E-state index is 11.1. The van der Waals surface area contributed by atoms with E-state index >= 15 is 0 Å². The maximum absolute atomic E-state index is 11.1. The Morgan fingerprint density at radius 1 is 1.44 bits per heavy atom. The van der Waals surface area contributed by atoms with Crippen LogP contribution in [0.25, 0.3) is 0 Å². The molecule has 86 valence electrons. The third-order valence-corrected chi connectivity index (χ3v) is 2.71. The molecule has 4 nitrogen and oxygen atoms in total. The van der Waals surface area contributed by atoms with Crippen LogP contribution in [0.1, 0.15) is 18.4 Å². The fourth-order valence-electron chi connectivity index (χ4n) is 1.86. The average molecular weight is 219 g/mol. The lowest BCUT2D eigenvalue weighted by molar-refractivity contribution is -0.119. The maximum Gasteiger partial charge on any atom is 0.240 e. The molecule has 0 spiro atoms. The second kappa shape index (κ2) is 4.99. The predicted octanol–water partition coefficient (Wildman–Crippen LogP) is 0.819. The van der Waals surface area contributed by atoms with Gasteiger partial charge < -0.3 is 5.73 Å². The first-order valence-corrected chi connectivity index (χ1v) is 5.65. The van der Waals surface area contributed by atoms with Gasteiger partial charge in [0.2, 0.25) is 5.91 Å². The summed E-state index contributed by atoms with van der Waals surface area (Å²) >= 11 is 0. The van der Waals surface area contributed by atoms with Gasteiger partial charge in [0.05, 0.1) is 5.69 Å². The minimum absolute atomic E-state index is 0.0901. The highest BCUT2D eigenvalue weighted by molar-refractivity contribution is 5.81. The van der Waals surface area contributed by atoms with E-state index in [4.69, 9.17) is 5.73 Å². The molecule has 2 rings (SSSR count). The standard InChI is InChI=1S/C12H17N3O/c13-7-2-4-10-3-1-5-11(9-10)15-8-6-12(16)14-15/h1,3,5,9H,2,4,6-8,13H2,(H,14,16). The SMILES string of the molecule is NCCCc1cccc(N2CCC(=O)N2)c1. The molecule has 1 aliphatic heterocycles. The molecule has 1 aromatic carbocycles. The number of aryl methyl sites for hydroxylation is 1. The van der Waals surface area contributed by atoms with Gasteiger partial charge in [0.25, 0.3) is 0 Å². The molecule has 1 saturated heterocycles. The normalized spacial score (nSPS) is 15.3. The van der Waals surface area contributed by atoms with E-state index in [9.17, 15) is 4.79 Å². The van der Waals surface area contributed by atoms with E-state index in [0.29, 0.717) is 13.0 Å². The van der Waals surface area contributed by atoms with Gasteiger partial charge in [0.15, 0.2) is 0 Å². The average Bonchev–Trinajstić information content (AvgIpc) is 2.74. The molecule has 1 fully saturated rings. The molecule has 0 aromatic heterocycles. The highest BCUT2D eigenvalue weighted by Crippen LogP contribution is 2.18. The number of amides is 1. The topological polar surface area (TPSA) is 58.4 Å². The van der Waals surface area contributed by atoms with E-state index in [1.54, 1.807) is 0 Å². The lowest BCUT2D eigenvalue weighted by Gasteiger charge is -2.17. The first kappa shape index (κ1) is 11.0. The first-order valence-electron chi connectivity index (χ1n) is 5.65. The van der Waals surface area contributed by atoms with Crippen molar-refractivity contribution in [2.45, 2.75) is 19.3 Å². The van der Waals surface area contributed by atoms with Crippen LogP contribution in [-0.4, -0.2) is 19.0 Å². The largest absolute Gasteiger partial charge is 0.330 e. The highest BCUT2D eigenvalue weighted by Gasteiger charge is 2.18. The molecule has 1 heterocycles. The Balaban J connectivity index is 2.06. The summed E-state index contributed by atoms with van der Waals surface area (Å²) in [7, 11) is 0. The molecule has 1 aliphatic rings. The summed E-state index contributed by atoms with van der Waals surface area (Å²) in [6.45, 7) is 1.46. The number of hydrogen-bond acceptors (Lipinski definition) is 3. The summed E-state index contributed by atoms with van der Waals surface area (Å²) in [4.78, 5) is 11.1. The van der Waals surface area contributed by atoms with Crippen molar-refractivity contribution >= 4 is 11.6 Å². The van der Waals surface area contributed by atoms with Crippen molar-refractivity contribution in [1.29, 1.82) is 0 Å². The van der Waals surface area contributed by atoms with Crippen LogP contribution in [-0.2, 0) is 11.2 Å². The fraction of sp³-hybridized carbons (Fsp3) is 0.417. The molecule has 0 radical (unpaired) electrons. The van der Waals surface area contributed by atoms with Crippen molar-refractivity contribution < 1.29 is 4.79 Å². The number of anilines is 1. The molecule has 0 aliphatic carbocycles. The first-order chi connectivity index (χ1) is 7.79. The molecule has 0 bridgehead atoms. The van der Waals surface area contributed by atoms with Gasteiger partial charge in [-0.3, -0.25) is 15.2 Å². The highest BCUT2D eigenvalue weighted by atomic mass is 16.2. The predicted molar refractivity (Wildman–Crippen MR) is 63.9 cm³/mol. The Labute approximate surface area is 95.4 Å². The Hall–Kier alpha value is -1.55. The molecule has 0 atom stereocenters. The van der Waals surface area contributed by atoms with Gasteiger partial charge in [-0.1, -0.05) is 12.1 Å². The Morgan fingerprint density at radius 2 is 2.31 bits per heavy atom. The van der Waals surface area contributed by atoms with Crippen LogP contribution in [0.5, 0.6) is 0 Å². The van der Waals surface area contributed by atoms with Gasteiger partial charge in [-0.2, -0.15) is 0 Å². The molecule has 16 heavy (non-hydrogen) atoms. The number of nitrogens with one attached hydrogen (secondary N) is 1. The number of rotatable bonds is 4. The van der Waals surface area contributed by atoms with Crippen molar-refractivity contribution in [3.63, 3.8) is 0 Å². The van der Waals surface area contributed by atoms with Crippen molar-refractivity contribution in [3.8, 4) is 0 Å². The minimum atomic E-state index is 0.0901. The van der Waals surface area contributed by atoms with Gasteiger partial charge in [-0.05, 0) is 37.1 Å². The summed E-state index contributed by atoms with van der Waals surface area (Å²) in [5, 5.41) is 1.90. The van der Waals surface area contributed by atoms with Crippen molar-refractivity contribution in [3.05, 3.63) is 29.8 Å². The van der Waals surface area contributed by atoms with E-state index in [0.717, 1.165) is 25.1 Å². The van der Waals surface area contributed by atoms with Crippen molar-refractivity contribution in [1.82, 2.24) is 5.43 Å². The molecular weight excluding hydrogens is 202 g/mol.